The van der Waals surface area contributed by atoms with Crippen LogP contribution in [0.5, 0.6) is 11.5 Å². The van der Waals surface area contributed by atoms with E-state index in [1.54, 1.807) is 0 Å². The Morgan fingerprint density at radius 3 is 2.44 bits per heavy atom. The van der Waals surface area contributed by atoms with E-state index in [2.05, 4.69) is 10.2 Å². The minimum atomic E-state index is -0.865. The molecule has 0 aliphatic carbocycles. The maximum absolute atomic E-state index is 13.1. The molecule has 5 rings (SSSR count). The number of ether oxygens (including phenoxy) is 2. The number of hydrogen-bond donors (Lipinski definition) is 2. The molecule has 0 saturated carbocycles. The van der Waals surface area contributed by atoms with E-state index in [0.717, 1.165) is 42.6 Å². The Balaban J connectivity index is 1.27. The molecule has 3 aromatic rings. The number of likely N-dealkylation sites (tertiary alicyclic amines) is 1. The van der Waals surface area contributed by atoms with Crippen LogP contribution in [-0.4, -0.2) is 54.8 Å². The lowest BCUT2D eigenvalue weighted by atomic mass is 10.00. The molecule has 2 atom stereocenters. The van der Waals surface area contributed by atoms with E-state index in [1.165, 1.54) is 0 Å². The number of nitrogens with zero attached hydrogens (tertiary/aromatic N) is 1. The smallest absolute Gasteiger partial charge is 0.224 e. The molecule has 0 radical (unpaired) electrons. The van der Waals surface area contributed by atoms with Gasteiger partial charge in [-0.15, -0.1) is 0 Å². The molecule has 3 aromatic carbocycles. The summed E-state index contributed by atoms with van der Waals surface area (Å²) in [6, 6.07) is 20.7. The van der Waals surface area contributed by atoms with E-state index in [4.69, 9.17) is 21.1 Å². The number of nitrogens with one attached hydrogen (secondary N) is 1. The van der Waals surface area contributed by atoms with Crippen LogP contribution in [0, 0.1) is 0 Å². The van der Waals surface area contributed by atoms with Gasteiger partial charge in [0.25, 0.3) is 0 Å². The summed E-state index contributed by atoms with van der Waals surface area (Å²) in [4.78, 5) is 15.4. The van der Waals surface area contributed by atoms with Crippen LogP contribution in [0.4, 0.5) is 0 Å². The Labute approximate surface area is 216 Å². The molecule has 1 fully saturated rings. The Morgan fingerprint density at radius 2 is 1.69 bits per heavy atom. The van der Waals surface area contributed by atoms with Gasteiger partial charge in [0.05, 0.1) is 12.5 Å². The zero-order valence-electron chi connectivity index (χ0n) is 20.2. The summed E-state index contributed by atoms with van der Waals surface area (Å²) in [5.74, 6) is 1.19. The van der Waals surface area contributed by atoms with Crippen molar-refractivity contribution in [2.75, 3.05) is 32.8 Å². The van der Waals surface area contributed by atoms with Crippen LogP contribution in [0.25, 0.3) is 11.1 Å². The SMILES string of the molecule is O=C(Cc1ccc(-c2cccc(Cl)c2)cc1)N[C@H](CN1CCCC1)[C@H](O)c1ccc2c(c1)OCCO2. The highest BCUT2D eigenvalue weighted by Gasteiger charge is 2.28. The average Bonchev–Trinajstić information content (AvgIpc) is 3.41. The minimum Gasteiger partial charge on any atom is -0.486 e. The van der Waals surface area contributed by atoms with Crippen molar-refractivity contribution < 1.29 is 19.4 Å². The van der Waals surface area contributed by atoms with Crippen LogP contribution in [0.2, 0.25) is 5.02 Å². The summed E-state index contributed by atoms with van der Waals surface area (Å²) >= 11 is 6.12. The Bertz CT molecular complexity index is 1190. The van der Waals surface area contributed by atoms with Crippen molar-refractivity contribution in [2.45, 2.75) is 31.4 Å². The predicted molar refractivity (Wildman–Crippen MR) is 141 cm³/mol. The highest BCUT2D eigenvalue weighted by molar-refractivity contribution is 6.30. The first-order valence-corrected chi connectivity index (χ1v) is 12.9. The summed E-state index contributed by atoms with van der Waals surface area (Å²) in [6.45, 7) is 3.55. The van der Waals surface area contributed by atoms with Gasteiger partial charge in [0.1, 0.15) is 19.3 Å². The third-order valence-corrected chi connectivity index (χ3v) is 7.00. The number of aliphatic hydroxyl groups is 1. The van der Waals surface area contributed by atoms with Gasteiger partial charge in [-0.1, -0.05) is 54.1 Å². The Morgan fingerprint density at radius 1 is 0.944 bits per heavy atom. The summed E-state index contributed by atoms with van der Waals surface area (Å²) in [5.41, 5.74) is 3.69. The summed E-state index contributed by atoms with van der Waals surface area (Å²) in [7, 11) is 0. The molecule has 0 aromatic heterocycles. The number of aliphatic hydroxyl groups excluding tert-OH is 1. The van der Waals surface area contributed by atoms with Gasteiger partial charge >= 0.3 is 0 Å². The van der Waals surface area contributed by atoms with Crippen molar-refractivity contribution in [2.24, 2.45) is 0 Å². The van der Waals surface area contributed by atoms with Gasteiger partial charge in [-0.2, -0.15) is 0 Å². The summed E-state index contributed by atoms with van der Waals surface area (Å²) < 4.78 is 11.3. The van der Waals surface area contributed by atoms with E-state index >= 15 is 0 Å². The lowest BCUT2D eigenvalue weighted by Crippen LogP contribution is -2.47. The molecule has 6 nitrogen and oxygen atoms in total. The van der Waals surface area contributed by atoms with Crippen LogP contribution < -0.4 is 14.8 Å². The summed E-state index contributed by atoms with van der Waals surface area (Å²) in [5, 5.41) is 15.1. The van der Waals surface area contributed by atoms with Gasteiger partial charge in [0, 0.05) is 11.6 Å². The molecule has 2 aliphatic heterocycles. The van der Waals surface area contributed by atoms with E-state index in [-0.39, 0.29) is 12.3 Å². The second-order valence-corrected chi connectivity index (χ2v) is 9.85. The molecule has 2 heterocycles. The van der Waals surface area contributed by atoms with Crippen LogP contribution in [0.1, 0.15) is 30.1 Å². The average molecular weight is 507 g/mol. The largest absolute Gasteiger partial charge is 0.486 e. The quantitative estimate of drug-likeness (QED) is 0.466. The lowest BCUT2D eigenvalue weighted by Gasteiger charge is -2.29. The maximum Gasteiger partial charge on any atom is 0.224 e. The van der Waals surface area contributed by atoms with Crippen molar-refractivity contribution in [1.29, 1.82) is 0 Å². The fraction of sp³-hybridized carbons (Fsp3) is 0.345. The molecular weight excluding hydrogens is 476 g/mol. The number of halogens is 1. The molecule has 0 bridgehead atoms. The van der Waals surface area contributed by atoms with Crippen molar-refractivity contribution in [3.8, 4) is 22.6 Å². The van der Waals surface area contributed by atoms with E-state index in [0.29, 0.717) is 41.8 Å². The molecule has 188 valence electrons. The number of benzene rings is 3. The normalized spacial score (nSPS) is 16.9. The first-order chi connectivity index (χ1) is 17.5. The molecule has 36 heavy (non-hydrogen) atoms. The van der Waals surface area contributed by atoms with Crippen LogP contribution in [0.3, 0.4) is 0 Å². The minimum absolute atomic E-state index is 0.119. The van der Waals surface area contributed by atoms with Crippen LogP contribution in [-0.2, 0) is 11.2 Å². The number of hydrogen-bond acceptors (Lipinski definition) is 5. The monoisotopic (exact) mass is 506 g/mol. The Kier molecular flexibility index (Phi) is 7.75. The van der Waals surface area contributed by atoms with Crippen molar-refractivity contribution >= 4 is 17.5 Å². The standard InChI is InChI=1S/C29H31ClN2O4/c30-24-5-3-4-22(17-24)21-8-6-20(7-9-21)16-28(33)31-25(19-32-12-1-2-13-32)29(34)23-10-11-26-27(18-23)36-15-14-35-26/h3-11,17-18,25,29,34H,1-2,12-16,19H2,(H,31,33)/t25-,29-/m1/s1. The number of amides is 1. The topological polar surface area (TPSA) is 71.0 Å². The molecule has 0 unspecified atom stereocenters. The number of rotatable bonds is 8. The third kappa shape index (κ3) is 6.01. The number of carbonyl (C=O) groups is 1. The fourth-order valence-electron chi connectivity index (χ4n) is 4.87. The van der Waals surface area contributed by atoms with Gasteiger partial charge in [-0.05, 0) is 72.5 Å². The summed E-state index contributed by atoms with van der Waals surface area (Å²) in [6.07, 6.45) is 1.65. The van der Waals surface area contributed by atoms with Crippen LogP contribution >= 0.6 is 11.6 Å². The predicted octanol–water partition coefficient (Wildman–Crippen LogP) is 4.63. The number of fused-ring (bicyclic) bond motifs is 1. The first kappa shape index (κ1) is 24.6. The van der Waals surface area contributed by atoms with Gasteiger partial charge < -0.3 is 24.8 Å². The van der Waals surface area contributed by atoms with Gasteiger partial charge in [-0.3, -0.25) is 4.79 Å². The zero-order valence-corrected chi connectivity index (χ0v) is 20.9. The van der Waals surface area contributed by atoms with Crippen molar-refractivity contribution in [3.05, 3.63) is 82.9 Å². The fourth-order valence-corrected chi connectivity index (χ4v) is 5.06. The van der Waals surface area contributed by atoms with Crippen molar-refractivity contribution in [3.63, 3.8) is 0 Å². The van der Waals surface area contributed by atoms with E-state index in [9.17, 15) is 9.90 Å². The molecule has 2 N–H and O–H groups in total. The molecule has 1 saturated heterocycles. The highest BCUT2D eigenvalue weighted by atomic mass is 35.5. The number of carbonyl (C=O) groups excluding carboxylic acids is 1. The second-order valence-electron chi connectivity index (χ2n) is 9.41. The third-order valence-electron chi connectivity index (χ3n) is 6.77. The molecule has 7 heteroatoms. The van der Waals surface area contributed by atoms with Crippen molar-refractivity contribution in [1.82, 2.24) is 10.2 Å². The van der Waals surface area contributed by atoms with Crippen LogP contribution in [0.15, 0.2) is 66.7 Å². The second kappa shape index (κ2) is 11.3. The van der Waals surface area contributed by atoms with E-state index < -0.39 is 12.1 Å². The molecule has 1 amide bonds. The molecule has 2 aliphatic rings. The zero-order chi connectivity index (χ0) is 24.9. The Hall–Kier alpha value is -3.06. The highest BCUT2D eigenvalue weighted by Crippen LogP contribution is 2.33. The van der Waals surface area contributed by atoms with Gasteiger partial charge in [0.15, 0.2) is 11.5 Å². The maximum atomic E-state index is 13.1. The molecular formula is C29H31ClN2O4. The molecule has 0 spiro atoms. The lowest BCUT2D eigenvalue weighted by molar-refractivity contribution is -0.122. The van der Waals surface area contributed by atoms with E-state index in [1.807, 2.05) is 66.7 Å². The van der Waals surface area contributed by atoms with Gasteiger partial charge in [-0.25, -0.2) is 0 Å². The first-order valence-electron chi connectivity index (χ1n) is 12.5. The van der Waals surface area contributed by atoms with Gasteiger partial charge in [0.2, 0.25) is 5.91 Å².